The van der Waals surface area contributed by atoms with Crippen molar-refractivity contribution in [2.75, 3.05) is 0 Å². The SMILES string of the molecule is O=C(OC(c1ccccc1)c1ccccc1)O[C@H]1C[C@@H]2CCC[C@@H]2N1. The van der Waals surface area contributed by atoms with Crippen molar-refractivity contribution in [3.63, 3.8) is 0 Å². The van der Waals surface area contributed by atoms with Crippen molar-refractivity contribution in [1.82, 2.24) is 5.32 Å². The summed E-state index contributed by atoms with van der Waals surface area (Å²) in [4.78, 5) is 12.4. The monoisotopic (exact) mass is 337 g/mol. The molecule has 1 saturated heterocycles. The summed E-state index contributed by atoms with van der Waals surface area (Å²) in [6, 6.07) is 20.0. The molecule has 3 atom stereocenters. The third-order valence-electron chi connectivity index (χ3n) is 5.23. The first-order valence-corrected chi connectivity index (χ1v) is 9.03. The molecule has 1 aliphatic heterocycles. The van der Waals surface area contributed by atoms with E-state index in [1.54, 1.807) is 0 Å². The normalized spacial score (nSPS) is 24.9. The minimum atomic E-state index is -0.616. The predicted octanol–water partition coefficient (Wildman–Crippen LogP) is 4.42. The van der Waals surface area contributed by atoms with Gasteiger partial charge in [0.1, 0.15) is 0 Å². The number of fused-ring (bicyclic) bond motifs is 1. The van der Waals surface area contributed by atoms with Crippen LogP contribution in [0.25, 0.3) is 0 Å². The lowest BCUT2D eigenvalue weighted by Gasteiger charge is -2.20. The maximum absolute atomic E-state index is 12.4. The molecule has 2 aliphatic rings. The zero-order chi connectivity index (χ0) is 17.1. The van der Waals surface area contributed by atoms with Crippen LogP contribution in [-0.4, -0.2) is 18.4 Å². The van der Waals surface area contributed by atoms with Crippen LogP contribution in [-0.2, 0) is 9.47 Å². The molecule has 4 rings (SSSR count). The summed E-state index contributed by atoms with van der Waals surface area (Å²) < 4.78 is 11.3. The van der Waals surface area contributed by atoms with Gasteiger partial charge in [-0.25, -0.2) is 4.79 Å². The fourth-order valence-corrected chi connectivity index (χ4v) is 4.03. The summed E-state index contributed by atoms with van der Waals surface area (Å²) in [6.45, 7) is 0. The zero-order valence-electron chi connectivity index (χ0n) is 14.1. The number of ether oxygens (including phenoxy) is 2. The maximum atomic E-state index is 12.4. The highest BCUT2D eigenvalue weighted by atomic mass is 16.7. The van der Waals surface area contributed by atoms with E-state index in [0.29, 0.717) is 12.0 Å². The Morgan fingerprint density at radius 1 is 0.960 bits per heavy atom. The van der Waals surface area contributed by atoms with Gasteiger partial charge in [-0.1, -0.05) is 67.1 Å². The number of carbonyl (C=O) groups is 1. The minimum Gasteiger partial charge on any atom is -0.421 e. The lowest BCUT2D eigenvalue weighted by atomic mass is 10.0. The molecule has 0 spiro atoms. The third-order valence-corrected chi connectivity index (χ3v) is 5.23. The van der Waals surface area contributed by atoms with Gasteiger partial charge in [-0.2, -0.15) is 0 Å². The van der Waals surface area contributed by atoms with E-state index < -0.39 is 12.3 Å². The fraction of sp³-hybridized carbons (Fsp3) is 0.381. The molecule has 4 heteroatoms. The lowest BCUT2D eigenvalue weighted by Crippen LogP contribution is -2.33. The predicted molar refractivity (Wildman–Crippen MR) is 95.0 cm³/mol. The van der Waals surface area contributed by atoms with Crippen molar-refractivity contribution < 1.29 is 14.3 Å². The number of carbonyl (C=O) groups excluding carboxylic acids is 1. The quantitative estimate of drug-likeness (QED) is 0.839. The second-order valence-electron chi connectivity index (χ2n) is 6.88. The summed E-state index contributed by atoms with van der Waals surface area (Å²) >= 11 is 0. The number of rotatable bonds is 4. The van der Waals surface area contributed by atoms with Gasteiger partial charge in [0, 0.05) is 12.5 Å². The number of nitrogens with one attached hydrogen (secondary N) is 1. The van der Waals surface area contributed by atoms with Crippen molar-refractivity contribution in [3.05, 3.63) is 71.8 Å². The number of benzene rings is 2. The number of hydrogen-bond donors (Lipinski definition) is 1. The second-order valence-corrected chi connectivity index (χ2v) is 6.88. The molecule has 4 nitrogen and oxygen atoms in total. The maximum Gasteiger partial charge on any atom is 0.510 e. The largest absolute Gasteiger partial charge is 0.510 e. The Balaban J connectivity index is 1.44. The molecular weight excluding hydrogens is 314 g/mol. The van der Waals surface area contributed by atoms with E-state index in [-0.39, 0.29) is 6.23 Å². The van der Waals surface area contributed by atoms with Crippen LogP contribution in [0, 0.1) is 5.92 Å². The van der Waals surface area contributed by atoms with E-state index in [0.717, 1.165) is 17.5 Å². The van der Waals surface area contributed by atoms with Crippen molar-refractivity contribution >= 4 is 6.16 Å². The molecule has 1 N–H and O–H groups in total. The Morgan fingerprint density at radius 3 is 2.20 bits per heavy atom. The first kappa shape index (κ1) is 16.2. The Bertz CT molecular complexity index is 652. The van der Waals surface area contributed by atoms with Crippen LogP contribution >= 0.6 is 0 Å². The van der Waals surface area contributed by atoms with Crippen molar-refractivity contribution in [2.45, 2.75) is 44.1 Å². The van der Waals surface area contributed by atoms with Gasteiger partial charge in [0.2, 0.25) is 0 Å². The molecule has 2 fully saturated rings. The molecule has 25 heavy (non-hydrogen) atoms. The standard InChI is InChI=1S/C21H23NO3/c23-21(24-19-14-17-12-7-13-18(17)22-19)25-20(15-8-3-1-4-9-15)16-10-5-2-6-11-16/h1-6,8-11,17-20,22H,7,12-14H2/t17-,18-,19-/m0/s1. The van der Waals surface area contributed by atoms with Crippen LogP contribution in [0.4, 0.5) is 4.79 Å². The van der Waals surface area contributed by atoms with Gasteiger partial charge in [-0.15, -0.1) is 0 Å². The highest BCUT2D eigenvalue weighted by molar-refractivity contribution is 5.61. The average molecular weight is 337 g/mol. The van der Waals surface area contributed by atoms with Crippen LogP contribution < -0.4 is 5.32 Å². The Kier molecular flexibility index (Phi) is 4.70. The molecule has 1 saturated carbocycles. The third kappa shape index (κ3) is 3.69. The van der Waals surface area contributed by atoms with Crippen molar-refractivity contribution in [1.29, 1.82) is 0 Å². The van der Waals surface area contributed by atoms with Gasteiger partial charge in [-0.05, 0) is 29.9 Å². The molecule has 130 valence electrons. The summed E-state index contributed by atoms with van der Waals surface area (Å²) in [6.07, 6.45) is 3.26. The van der Waals surface area contributed by atoms with E-state index in [1.165, 1.54) is 19.3 Å². The minimum absolute atomic E-state index is 0.227. The Hall–Kier alpha value is -2.33. The topological polar surface area (TPSA) is 47.6 Å². The highest BCUT2D eigenvalue weighted by Gasteiger charge is 2.39. The second kappa shape index (κ2) is 7.28. The summed E-state index contributed by atoms with van der Waals surface area (Å²) in [5.74, 6) is 0.636. The highest BCUT2D eigenvalue weighted by Crippen LogP contribution is 2.35. The van der Waals surface area contributed by atoms with Crippen LogP contribution in [0.5, 0.6) is 0 Å². The van der Waals surface area contributed by atoms with Crippen LogP contribution in [0.1, 0.15) is 42.9 Å². The fourth-order valence-electron chi connectivity index (χ4n) is 4.03. The van der Waals surface area contributed by atoms with E-state index in [4.69, 9.17) is 9.47 Å². The first-order chi connectivity index (χ1) is 12.3. The number of hydrogen-bond acceptors (Lipinski definition) is 4. The van der Waals surface area contributed by atoms with Crippen LogP contribution in [0.15, 0.2) is 60.7 Å². The molecule has 1 aliphatic carbocycles. The van der Waals surface area contributed by atoms with E-state index in [2.05, 4.69) is 5.32 Å². The van der Waals surface area contributed by atoms with E-state index >= 15 is 0 Å². The lowest BCUT2D eigenvalue weighted by molar-refractivity contribution is 0.000443. The van der Waals surface area contributed by atoms with Gasteiger partial charge in [0.15, 0.2) is 12.3 Å². The van der Waals surface area contributed by atoms with Gasteiger partial charge < -0.3 is 9.47 Å². The molecule has 0 bridgehead atoms. The first-order valence-electron chi connectivity index (χ1n) is 9.03. The van der Waals surface area contributed by atoms with Gasteiger partial charge in [-0.3, -0.25) is 5.32 Å². The molecular formula is C21H23NO3. The van der Waals surface area contributed by atoms with E-state index in [1.807, 2.05) is 60.7 Å². The molecule has 2 aromatic rings. The Morgan fingerprint density at radius 2 is 1.60 bits per heavy atom. The van der Waals surface area contributed by atoms with Gasteiger partial charge in [0.05, 0.1) is 0 Å². The summed E-state index contributed by atoms with van der Waals surface area (Å²) in [5.41, 5.74) is 1.86. The summed E-state index contributed by atoms with van der Waals surface area (Å²) in [7, 11) is 0. The van der Waals surface area contributed by atoms with Crippen molar-refractivity contribution in [2.24, 2.45) is 5.92 Å². The molecule has 1 heterocycles. The average Bonchev–Trinajstić information content (AvgIpc) is 3.23. The molecule has 0 unspecified atom stereocenters. The zero-order valence-corrected chi connectivity index (χ0v) is 14.1. The molecule has 0 radical (unpaired) electrons. The van der Waals surface area contributed by atoms with Crippen LogP contribution in [0.2, 0.25) is 0 Å². The van der Waals surface area contributed by atoms with Gasteiger partial charge in [0.25, 0.3) is 0 Å². The van der Waals surface area contributed by atoms with E-state index in [9.17, 15) is 4.79 Å². The van der Waals surface area contributed by atoms with Crippen LogP contribution in [0.3, 0.4) is 0 Å². The molecule has 0 amide bonds. The molecule has 0 aromatic heterocycles. The smallest absolute Gasteiger partial charge is 0.421 e. The molecule has 2 aromatic carbocycles. The van der Waals surface area contributed by atoms with Gasteiger partial charge >= 0.3 is 6.16 Å². The Labute approximate surface area is 148 Å². The van der Waals surface area contributed by atoms with Crippen molar-refractivity contribution in [3.8, 4) is 0 Å². The summed E-state index contributed by atoms with van der Waals surface area (Å²) in [5, 5.41) is 3.41.